The fraction of sp³-hybridized carbons (Fsp3) is 0.500. The normalized spacial score (nSPS) is 16.3. The van der Waals surface area contributed by atoms with Crippen molar-refractivity contribution in [1.29, 1.82) is 0 Å². The van der Waals surface area contributed by atoms with E-state index < -0.39 is 0 Å². The van der Waals surface area contributed by atoms with Crippen LogP contribution >= 0.6 is 11.3 Å². The van der Waals surface area contributed by atoms with Gasteiger partial charge in [0.15, 0.2) is 11.5 Å². The van der Waals surface area contributed by atoms with E-state index in [0.29, 0.717) is 31.0 Å². The lowest BCUT2D eigenvalue weighted by Crippen LogP contribution is -2.38. The van der Waals surface area contributed by atoms with Crippen molar-refractivity contribution in [2.24, 2.45) is 0 Å². The van der Waals surface area contributed by atoms with Gasteiger partial charge in [0.1, 0.15) is 5.01 Å². The van der Waals surface area contributed by atoms with Gasteiger partial charge in [-0.25, -0.2) is 4.98 Å². The zero-order valence-electron chi connectivity index (χ0n) is 16.1. The van der Waals surface area contributed by atoms with Crippen LogP contribution in [-0.2, 0) is 16.0 Å². The van der Waals surface area contributed by atoms with Crippen LogP contribution in [0.2, 0.25) is 0 Å². The first kappa shape index (κ1) is 19.6. The van der Waals surface area contributed by atoms with Crippen molar-refractivity contribution in [3.63, 3.8) is 0 Å². The summed E-state index contributed by atoms with van der Waals surface area (Å²) in [7, 11) is 3.22. The second-order valence-corrected chi connectivity index (χ2v) is 7.32. The van der Waals surface area contributed by atoms with Gasteiger partial charge < -0.3 is 19.1 Å². The number of nitrogens with zero attached hydrogens (tertiary/aromatic N) is 2. The minimum absolute atomic E-state index is 0.0946. The number of carbonyl (C=O) groups excluding carboxylic acids is 1. The smallest absolute Gasteiger partial charge is 0.228 e. The number of benzene rings is 1. The third-order valence-electron chi connectivity index (χ3n) is 4.70. The van der Waals surface area contributed by atoms with Gasteiger partial charge >= 0.3 is 0 Å². The third kappa shape index (κ3) is 4.78. The summed E-state index contributed by atoms with van der Waals surface area (Å²) >= 11 is 1.53. The Bertz CT molecular complexity index is 771. The van der Waals surface area contributed by atoms with Gasteiger partial charge in [-0.1, -0.05) is 0 Å². The highest BCUT2D eigenvalue weighted by Crippen LogP contribution is 2.33. The van der Waals surface area contributed by atoms with Gasteiger partial charge in [0.2, 0.25) is 5.91 Å². The number of thiazole rings is 1. The average Bonchev–Trinajstić information content (AvgIpc) is 3.37. The molecular formula is C20H26N2O4S. The van der Waals surface area contributed by atoms with Crippen molar-refractivity contribution in [1.82, 2.24) is 9.88 Å². The molecule has 1 aliphatic heterocycles. The van der Waals surface area contributed by atoms with Crippen molar-refractivity contribution in [3.05, 3.63) is 29.3 Å². The van der Waals surface area contributed by atoms with Crippen LogP contribution in [0, 0.1) is 0 Å². The van der Waals surface area contributed by atoms with E-state index in [9.17, 15) is 4.79 Å². The van der Waals surface area contributed by atoms with Crippen molar-refractivity contribution in [2.45, 2.75) is 32.3 Å². The molecule has 27 heavy (non-hydrogen) atoms. The molecule has 6 nitrogen and oxygen atoms in total. The van der Waals surface area contributed by atoms with Gasteiger partial charge in [-0.05, 0) is 38.0 Å². The van der Waals surface area contributed by atoms with Crippen molar-refractivity contribution < 1.29 is 19.0 Å². The van der Waals surface area contributed by atoms with E-state index in [4.69, 9.17) is 14.2 Å². The number of aromatic nitrogens is 1. The summed E-state index contributed by atoms with van der Waals surface area (Å²) in [6, 6.07) is 5.71. The Morgan fingerprint density at radius 3 is 2.81 bits per heavy atom. The molecule has 146 valence electrons. The van der Waals surface area contributed by atoms with E-state index in [2.05, 4.69) is 4.98 Å². The first-order valence-corrected chi connectivity index (χ1v) is 10.1. The van der Waals surface area contributed by atoms with Crippen LogP contribution in [0.3, 0.4) is 0 Å². The van der Waals surface area contributed by atoms with E-state index >= 15 is 0 Å². The van der Waals surface area contributed by atoms with E-state index in [0.717, 1.165) is 35.7 Å². The first-order chi connectivity index (χ1) is 13.1. The number of methoxy groups -OCH3 is 2. The molecule has 2 heterocycles. The SMILES string of the molecule is CCN(CC1CCCO1)C(=O)Cc1csc(-c2ccc(OC)c(OC)c2)n1. The number of hydrogen-bond acceptors (Lipinski definition) is 6. The lowest BCUT2D eigenvalue weighted by molar-refractivity contribution is -0.131. The molecule has 1 aliphatic rings. The van der Waals surface area contributed by atoms with E-state index in [-0.39, 0.29) is 12.0 Å². The average molecular weight is 391 g/mol. The fourth-order valence-electron chi connectivity index (χ4n) is 3.20. The Balaban J connectivity index is 1.67. The Kier molecular flexibility index (Phi) is 6.68. The molecule has 7 heteroatoms. The fourth-order valence-corrected chi connectivity index (χ4v) is 4.01. The lowest BCUT2D eigenvalue weighted by atomic mass is 10.2. The molecular weight excluding hydrogens is 364 g/mol. The maximum absolute atomic E-state index is 12.7. The maximum atomic E-state index is 12.7. The zero-order valence-corrected chi connectivity index (χ0v) is 16.9. The quantitative estimate of drug-likeness (QED) is 0.691. The highest BCUT2D eigenvalue weighted by Gasteiger charge is 2.22. The highest BCUT2D eigenvalue weighted by atomic mass is 32.1. The summed E-state index contributed by atoms with van der Waals surface area (Å²) < 4.78 is 16.3. The maximum Gasteiger partial charge on any atom is 0.228 e. The van der Waals surface area contributed by atoms with E-state index in [1.165, 1.54) is 11.3 Å². The van der Waals surface area contributed by atoms with Gasteiger partial charge in [0.25, 0.3) is 0 Å². The van der Waals surface area contributed by atoms with Crippen LogP contribution in [0.1, 0.15) is 25.5 Å². The van der Waals surface area contributed by atoms with Crippen LogP contribution in [0.5, 0.6) is 11.5 Å². The van der Waals surface area contributed by atoms with Gasteiger partial charge in [-0.15, -0.1) is 11.3 Å². The number of ether oxygens (including phenoxy) is 3. The molecule has 1 aromatic carbocycles. The first-order valence-electron chi connectivity index (χ1n) is 9.20. The molecule has 1 aromatic heterocycles. The summed E-state index contributed by atoms with van der Waals surface area (Å²) in [6.45, 7) is 4.16. The summed E-state index contributed by atoms with van der Waals surface area (Å²) in [5.74, 6) is 1.44. The standard InChI is InChI=1S/C20H26N2O4S/c1-4-22(12-16-6-5-9-26-16)19(23)11-15-13-27-20(21-15)14-7-8-17(24-2)18(10-14)25-3/h7-8,10,13,16H,4-6,9,11-12H2,1-3H3. The molecule has 1 unspecified atom stereocenters. The lowest BCUT2D eigenvalue weighted by Gasteiger charge is -2.23. The number of hydrogen-bond donors (Lipinski definition) is 0. The predicted molar refractivity (Wildman–Crippen MR) is 106 cm³/mol. The second-order valence-electron chi connectivity index (χ2n) is 6.46. The summed E-state index contributed by atoms with van der Waals surface area (Å²) in [5, 5.41) is 2.81. The monoisotopic (exact) mass is 390 g/mol. The van der Waals surface area contributed by atoms with Gasteiger partial charge in [0, 0.05) is 30.6 Å². The zero-order chi connectivity index (χ0) is 19.2. The molecule has 2 aromatic rings. The van der Waals surface area contributed by atoms with Crippen molar-refractivity contribution in [2.75, 3.05) is 33.9 Å². The van der Waals surface area contributed by atoms with Crippen LogP contribution in [0.25, 0.3) is 10.6 Å². The molecule has 0 saturated carbocycles. The van der Waals surface area contributed by atoms with Crippen molar-refractivity contribution >= 4 is 17.2 Å². The minimum Gasteiger partial charge on any atom is -0.493 e. The molecule has 0 spiro atoms. The summed E-state index contributed by atoms with van der Waals surface area (Å²) in [6.07, 6.45) is 2.59. The molecule has 0 N–H and O–H groups in total. The number of rotatable bonds is 8. The minimum atomic E-state index is 0.0946. The van der Waals surface area contributed by atoms with Gasteiger partial charge in [-0.3, -0.25) is 4.79 Å². The van der Waals surface area contributed by atoms with Crippen LogP contribution in [-0.4, -0.2) is 55.8 Å². The Labute approximate surface area is 164 Å². The van der Waals surface area contributed by atoms with E-state index in [1.807, 2.05) is 35.4 Å². The number of carbonyl (C=O) groups is 1. The van der Waals surface area contributed by atoms with Crippen molar-refractivity contribution in [3.8, 4) is 22.1 Å². The Morgan fingerprint density at radius 2 is 2.15 bits per heavy atom. The topological polar surface area (TPSA) is 60.9 Å². The molecule has 1 fully saturated rings. The molecule has 0 bridgehead atoms. The molecule has 1 saturated heterocycles. The van der Waals surface area contributed by atoms with Gasteiger partial charge in [-0.2, -0.15) is 0 Å². The second kappa shape index (κ2) is 9.19. The van der Waals surface area contributed by atoms with E-state index in [1.54, 1.807) is 14.2 Å². The molecule has 1 amide bonds. The number of amides is 1. The largest absolute Gasteiger partial charge is 0.493 e. The third-order valence-corrected chi connectivity index (χ3v) is 5.64. The molecule has 1 atom stereocenters. The van der Waals surface area contributed by atoms with Crippen LogP contribution in [0.4, 0.5) is 0 Å². The number of likely N-dealkylation sites (N-methyl/N-ethyl adjacent to an activating group) is 1. The molecule has 0 aliphatic carbocycles. The molecule has 0 radical (unpaired) electrons. The predicted octanol–water partition coefficient (Wildman–Crippen LogP) is 3.40. The Hall–Kier alpha value is -2.12. The van der Waals surface area contributed by atoms with Crippen LogP contribution < -0.4 is 9.47 Å². The molecule has 3 rings (SSSR count). The summed E-state index contributed by atoms with van der Waals surface area (Å²) in [5.41, 5.74) is 1.74. The summed E-state index contributed by atoms with van der Waals surface area (Å²) in [4.78, 5) is 19.2. The highest BCUT2D eigenvalue weighted by molar-refractivity contribution is 7.13. The van der Waals surface area contributed by atoms with Gasteiger partial charge in [0.05, 0.1) is 32.4 Å². The van der Waals surface area contributed by atoms with Crippen LogP contribution in [0.15, 0.2) is 23.6 Å². The Morgan fingerprint density at radius 1 is 1.33 bits per heavy atom.